The van der Waals surface area contributed by atoms with Gasteiger partial charge >= 0.3 is 0 Å². The van der Waals surface area contributed by atoms with Crippen molar-refractivity contribution in [3.63, 3.8) is 0 Å². The van der Waals surface area contributed by atoms with Crippen molar-refractivity contribution in [1.29, 1.82) is 0 Å². The molecule has 0 N–H and O–H groups in total. The zero-order chi connectivity index (χ0) is 20.1. The molecule has 2 aromatic carbocycles. The third kappa shape index (κ3) is 4.55. The molecule has 0 radical (unpaired) electrons. The summed E-state index contributed by atoms with van der Waals surface area (Å²) >= 11 is 0. The molecule has 3 rings (SSSR count). The van der Waals surface area contributed by atoms with Crippen molar-refractivity contribution in [2.24, 2.45) is 0 Å². The van der Waals surface area contributed by atoms with E-state index in [9.17, 15) is 13.2 Å². The van der Waals surface area contributed by atoms with E-state index in [4.69, 9.17) is 0 Å². The number of likely N-dealkylation sites (tertiary alicyclic amines) is 1. The largest absolute Gasteiger partial charge is 0.341 e. The maximum atomic E-state index is 13.3. The van der Waals surface area contributed by atoms with Gasteiger partial charge in [0.05, 0.1) is 10.6 Å². The lowest BCUT2D eigenvalue weighted by Gasteiger charge is -2.30. The second-order valence-electron chi connectivity index (χ2n) is 7.51. The van der Waals surface area contributed by atoms with Crippen molar-refractivity contribution in [1.82, 2.24) is 4.90 Å². The van der Waals surface area contributed by atoms with Gasteiger partial charge < -0.3 is 4.90 Å². The Labute approximate surface area is 168 Å². The molecule has 28 heavy (non-hydrogen) atoms. The highest BCUT2D eigenvalue weighted by molar-refractivity contribution is 7.92. The van der Waals surface area contributed by atoms with Crippen LogP contribution in [0, 0.1) is 0 Å². The van der Waals surface area contributed by atoms with Gasteiger partial charge in [-0.3, -0.25) is 9.10 Å². The van der Waals surface area contributed by atoms with Gasteiger partial charge in [-0.05, 0) is 55.0 Å². The Morgan fingerprint density at radius 3 is 2.14 bits per heavy atom. The van der Waals surface area contributed by atoms with Gasteiger partial charge in [-0.1, -0.05) is 44.2 Å². The van der Waals surface area contributed by atoms with Crippen molar-refractivity contribution in [3.05, 3.63) is 60.2 Å². The van der Waals surface area contributed by atoms with Crippen molar-refractivity contribution in [2.75, 3.05) is 23.9 Å². The molecule has 1 aliphatic heterocycles. The van der Waals surface area contributed by atoms with E-state index >= 15 is 0 Å². The normalized spacial score (nSPS) is 14.9. The quantitative estimate of drug-likeness (QED) is 0.736. The predicted octanol–water partition coefficient (Wildman–Crippen LogP) is 4.02. The van der Waals surface area contributed by atoms with Crippen molar-refractivity contribution in [2.45, 2.75) is 43.9 Å². The van der Waals surface area contributed by atoms with Gasteiger partial charge in [0.1, 0.15) is 6.54 Å². The van der Waals surface area contributed by atoms with Gasteiger partial charge in [0, 0.05) is 13.1 Å². The summed E-state index contributed by atoms with van der Waals surface area (Å²) in [5.41, 5.74) is 1.64. The number of anilines is 1. The number of benzene rings is 2. The van der Waals surface area contributed by atoms with E-state index in [0.29, 0.717) is 24.7 Å². The summed E-state index contributed by atoms with van der Waals surface area (Å²) in [5.74, 6) is 0.204. The number of carbonyl (C=O) groups excluding carboxylic acids is 1. The average molecular weight is 401 g/mol. The molecule has 0 aromatic heterocycles. The first-order chi connectivity index (χ1) is 13.4. The highest BCUT2D eigenvalue weighted by Crippen LogP contribution is 2.26. The average Bonchev–Trinajstić information content (AvgIpc) is 2.73. The Kier molecular flexibility index (Phi) is 6.39. The van der Waals surface area contributed by atoms with Crippen LogP contribution in [0.5, 0.6) is 0 Å². The molecule has 0 spiro atoms. The summed E-state index contributed by atoms with van der Waals surface area (Å²) in [5, 5.41) is 0. The molecular formula is C22H28N2O3S. The lowest BCUT2D eigenvalue weighted by Crippen LogP contribution is -2.44. The second-order valence-corrected chi connectivity index (χ2v) is 9.37. The molecule has 0 atom stereocenters. The smallest absolute Gasteiger partial charge is 0.264 e. The molecule has 0 unspecified atom stereocenters. The monoisotopic (exact) mass is 400 g/mol. The van der Waals surface area contributed by atoms with E-state index in [1.54, 1.807) is 47.4 Å². The van der Waals surface area contributed by atoms with Crippen LogP contribution in [0.15, 0.2) is 59.5 Å². The summed E-state index contributed by atoms with van der Waals surface area (Å²) < 4.78 is 27.9. The molecule has 0 saturated carbocycles. The highest BCUT2D eigenvalue weighted by Gasteiger charge is 2.29. The number of sulfonamides is 1. The van der Waals surface area contributed by atoms with E-state index in [-0.39, 0.29) is 17.3 Å². The summed E-state index contributed by atoms with van der Waals surface area (Å²) in [7, 11) is -3.84. The van der Waals surface area contributed by atoms with Crippen LogP contribution in [0.1, 0.15) is 44.6 Å². The molecule has 150 valence electrons. The van der Waals surface area contributed by atoms with E-state index in [1.807, 2.05) is 12.1 Å². The first-order valence-corrected chi connectivity index (χ1v) is 11.3. The van der Waals surface area contributed by atoms with Crippen LogP contribution >= 0.6 is 0 Å². The van der Waals surface area contributed by atoms with E-state index < -0.39 is 10.0 Å². The van der Waals surface area contributed by atoms with Crippen molar-refractivity contribution < 1.29 is 13.2 Å². The van der Waals surface area contributed by atoms with E-state index in [1.165, 1.54) is 4.31 Å². The number of amides is 1. The van der Waals surface area contributed by atoms with Crippen LogP contribution in [0.2, 0.25) is 0 Å². The van der Waals surface area contributed by atoms with Crippen LogP contribution in [-0.4, -0.2) is 38.9 Å². The van der Waals surface area contributed by atoms with Crippen LogP contribution in [0.25, 0.3) is 0 Å². The molecule has 6 heteroatoms. The Morgan fingerprint density at radius 2 is 1.57 bits per heavy atom. The summed E-state index contributed by atoms with van der Waals surface area (Å²) in [6, 6.07) is 15.7. The number of nitrogens with zero attached hydrogens (tertiary/aromatic N) is 2. The van der Waals surface area contributed by atoms with Gasteiger partial charge in [0.2, 0.25) is 5.91 Å². The fraction of sp³-hybridized carbons (Fsp3) is 0.409. The Hall–Kier alpha value is -2.34. The number of rotatable bonds is 6. The topological polar surface area (TPSA) is 57.7 Å². The van der Waals surface area contributed by atoms with Gasteiger partial charge in [0.25, 0.3) is 10.0 Å². The molecule has 5 nitrogen and oxygen atoms in total. The maximum Gasteiger partial charge on any atom is 0.264 e. The molecule has 1 aliphatic rings. The standard InChI is InChI=1S/C22H28N2O3S/c1-18(2)19-11-13-20(14-12-19)24(17-22(25)23-15-7-4-8-16-23)28(26,27)21-9-5-3-6-10-21/h3,5-6,9-14,18H,4,7-8,15-17H2,1-2H3. The molecule has 0 aliphatic carbocycles. The number of piperidine rings is 1. The van der Waals surface area contributed by atoms with Crippen LogP contribution in [0.4, 0.5) is 5.69 Å². The maximum absolute atomic E-state index is 13.3. The highest BCUT2D eigenvalue weighted by atomic mass is 32.2. The van der Waals surface area contributed by atoms with Gasteiger partial charge in [0.15, 0.2) is 0 Å². The third-order valence-electron chi connectivity index (χ3n) is 5.17. The summed E-state index contributed by atoms with van der Waals surface area (Å²) in [6.07, 6.45) is 3.06. The van der Waals surface area contributed by atoms with E-state index in [2.05, 4.69) is 13.8 Å². The number of carbonyl (C=O) groups is 1. The Morgan fingerprint density at radius 1 is 0.964 bits per heavy atom. The summed E-state index contributed by atoms with van der Waals surface area (Å²) in [4.78, 5) is 14.8. The number of hydrogen-bond acceptors (Lipinski definition) is 3. The fourth-order valence-corrected chi connectivity index (χ4v) is 4.86. The second kappa shape index (κ2) is 8.78. The molecule has 0 bridgehead atoms. The van der Waals surface area contributed by atoms with Gasteiger partial charge in [-0.2, -0.15) is 0 Å². The molecule has 1 heterocycles. The fourth-order valence-electron chi connectivity index (χ4n) is 3.43. The first kappa shape index (κ1) is 20.4. The summed E-state index contributed by atoms with van der Waals surface area (Å²) in [6.45, 7) is 5.40. The van der Waals surface area contributed by atoms with Crippen molar-refractivity contribution in [3.8, 4) is 0 Å². The van der Waals surface area contributed by atoms with Crippen LogP contribution < -0.4 is 4.31 Å². The predicted molar refractivity (Wildman–Crippen MR) is 112 cm³/mol. The minimum atomic E-state index is -3.84. The number of hydrogen-bond donors (Lipinski definition) is 0. The van der Waals surface area contributed by atoms with Crippen LogP contribution in [-0.2, 0) is 14.8 Å². The minimum absolute atomic E-state index is 0.146. The molecule has 1 saturated heterocycles. The first-order valence-electron chi connectivity index (χ1n) is 9.85. The van der Waals surface area contributed by atoms with E-state index in [0.717, 1.165) is 24.8 Å². The zero-order valence-corrected chi connectivity index (χ0v) is 17.4. The van der Waals surface area contributed by atoms with Gasteiger partial charge in [-0.25, -0.2) is 8.42 Å². The molecule has 2 aromatic rings. The van der Waals surface area contributed by atoms with Crippen molar-refractivity contribution >= 4 is 21.6 Å². The molecule has 1 fully saturated rings. The van der Waals surface area contributed by atoms with Crippen LogP contribution in [0.3, 0.4) is 0 Å². The molecular weight excluding hydrogens is 372 g/mol. The lowest BCUT2D eigenvalue weighted by atomic mass is 10.0. The Bertz CT molecular complexity index is 887. The minimum Gasteiger partial charge on any atom is -0.341 e. The zero-order valence-electron chi connectivity index (χ0n) is 16.5. The third-order valence-corrected chi connectivity index (χ3v) is 6.95. The lowest BCUT2D eigenvalue weighted by molar-refractivity contribution is -0.130. The molecule has 1 amide bonds. The SMILES string of the molecule is CC(C)c1ccc(N(CC(=O)N2CCCCC2)S(=O)(=O)c2ccccc2)cc1. The Balaban J connectivity index is 1.94. The van der Waals surface area contributed by atoms with Gasteiger partial charge in [-0.15, -0.1) is 0 Å².